The van der Waals surface area contributed by atoms with Crippen molar-refractivity contribution in [1.29, 1.82) is 0 Å². The van der Waals surface area contributed by atoms with E-state index in [2.05, 4.69) is 0 Å². The Labute approximate surface area is 184 Å². The maximum atomic E-state index is 8.88. The largest absolute Gasteiger partial charge is 1.00 e. The topological polar surface area (TPSA) is 456 Å². The van der Waals surface area contributed by atoms with Gasteiger partial charge >= 0.3 is 96.5 Å². The van der Waals surface area contributed by atoms with Crippen molar-refractivity contribution in [2.75, 3.05) is 0 Å². The minimum atomic E-state index is -4.64. The molecule has 27 N–H and O–H groups in total. The summed E-state index contributed by atoms with van der Waals surface area (Å²) in [5.41, 5.74) is 0. The fourth-order valence-electron chi connectivity index (χ4n) is 0. The van der Waals surface area contributed by atoms with E-state index in [1.807, 2.05) is 0 Å². The van der Waals surface area contributed by atoms with Crippen molar-refractivity contribution in [3.63, 3.8) is 0 Å². The maximum absolute atomic E-state index is 8.88. The Morgan fingerprint density at radius 1 is 0.450 bits per heavy atom. The molecule has 0 spiro atoms. The molecule has 0 saturated carbocycles. The third kappa shape index (κ3) is 1150. The molecule has 0 aliphatic carbocycles. The molecule has 0 aromatic heterocycles. The van der Waals surface area contributed by atoms with Gasteiger partial charge in [0.15, 0.2) is 0 Å². The van der Waals surface area contributed by atoms with Crippen LogP contribution in [0.2, 0.25) is 0 Å². The van der Waals surface area contributed by atoms with Crippen molar-refractivity contribution in [2.24, 2.45) is 0 Å². The van der Waals surface area contributed by atoms with Gasteiger partial charge in [-0.05, 0) is 0 Å². The maximum Gasteiger partial charge on any atom is 1.00 e. The van der Waals surface area contributed by atoms with Gasteiger partial charge in [0, 0.05) is 0 Å². The molecule has 0 unspecified atom stereocenters. The van der Waals surface area contributed by atoms with E-state index in [4.69, 9.17) is 19.2 Å². The fourth-order valence-corrected chi connectivity index (χ4v) is 0. The van der Waals surface area contributed by atoms with Crippen LogP contribution in [0.1, 0.15) is 4.28 Å². The van der Waals surface area contributed by atoms with Gasteiger partial charge in [-0.1, -0.05) is 0 Å². The number of phosphoric acid groups is 1. The average molecular weight is 386 g/mol. The zero-order valence-corrected chi connectivity index (χ0v) is 18.1. The van der Waals surface area contributed by atoms with Crippen molar-refractivity contribution in [2.45, 2.75) is 0 Å². The molecule has 0 aromatic carbocycles. The molecular formula is H30Na3O16P. The van der Waals surface area contributed by atoms with E-state index < -0.39 is 7.82 Å². The second-order valence-corrected chi connectivity index (χ2v) is 1.54. The Morgan fingerprint density at radius 2 is 0.450 bits per heavy atom. The van der Waals surface area contributed by atoms with Gasteiger partial charge in [0.25, 0.3) is 0 Å². The number of rotatable bonds is 0. The molecule has 0 heterocycles. The summed E-state index contributed by atoms with van der Waals surface area (Å²) in [6.45, 7) is 0. The Bertz CT molecular complexity index is 76.7. The predicted octanol–water partition coefficient (Wildman–Crippen LogP) is -19.5. The fraction of sp³-hybridized carbons (Fsp3) is 0. The van der Waals surface area contributed by atoms with Gasteiger partial charge in [-0.2, -0.15) is 0 Å². The van der Waals surface area contributed by atoms with Crippen molar-refractivity contribution in [1.82, 2.24) is 0 Å². The van der Waals surface area contributed by atoms with E-state index in [0.29, 0.717) is 0 Å². The summed E-state index contributed by atoms with van der Waals surface area (Å²) >= 11 is 0. The van der Waals surface area contributed by atoms with E-state index in [0.717, 1.165) is 0 Å². The van der Waals surface area contributed by atoms with E-state index in [1.165, 1.54) is 0 Å². The number of hydrogen-bond acceptors (Lipinski definition) is 1. The minimum absolute atomic E-state index is 0. The van der Waals surface area contributed by atoms with Crippen LogP contribution in [0, 0.1) is 0 Å². The van der Waals surface area contributed by atoms with Gasteiger partial charge in [-0.25, -0.2) is 4.57 Å². The SMILES string of the molecule is O.O.O.O.O.O.O.O.O.O.O.O.O=P(O)(O)O.[H-].[H-].[H-].[Na+].[Na+].[Na+]. The van der Waals surface area contributed by atoms with Gasteiger partial charge in [-0.3, -0.25) is 0 Å². The second kappa shape index (κ2) is 124. The van der Waals surface area contributed by atoms with E-state index in [-0.39, 0.29) is 159 Å². The smallest absolute Gasteiger partial charge is 1.00 e. The van der Waals surface area contributed by atoms with Gasteiger partial charge in [-0.15, -0.1) is 0 Å². The third-order valence-corrected chi connectivity index (χ3v) is 0. The van der Waals surface area contributed by atoms with Crippen LogP contribution in [0.15, 0.2) is 0 Å². The molecular weight excluding hydrogens is 356 g/mol. The molecule has 0 saturated heterocycles. The standard InChI is InChI=1S/3Na.H3O4P.12H2O.3H/c;;;1-5(2,3)4;;;;;;;;;;;;;;;/h;;;(H3,1,2,3,4);12*1H2;;;/q3*+1;;;;;;;;;;;;;;3*-1. The quantitative estimate of drug-likeness (QED) is 0.269. The van der Waals surface area contributed by atoms with E-state index in [1.54, 1.807) is 0 Å². The van der Waals surface area contributed by atoms with Gasteiger partial charge in [0.2, 0.25) is 0 Å². The predicted molar refractivity (Wildman–Crippen MR) is 61.0 cm³/mol. The summed E-state index contributed by atoms with van der Waals surface area (Å²) in [5.74, 6) is 0. The molecule has 0 radical (unpaired) electrons. The second-order valence-electron chi connectivity index (χ2n) is 0.513. The summed E-state index contributed by atoms with van der Waals surface area (Å²) < 4.78 is 8.88. The minimum Gasteiger partial charge on any atom is -1.00 e. The summed E-state index contributed by atoms with van der Waals surface area (Å²) in [5, 5.41) is 0. The zero-order valence-electron chi connectivity index (χ0n) is 14.2. The zero-order chi connectivity index (χ0) is 4.50. The van der Waals surface area contributed by atoms with Crippen LogP contribution < -0.4 is 88.7 Å². The van der Waals surface area contributed by atoms with E-state index >= 15 is 0 Å². The van der Waals surface area contributed by atoms with Crippen LogP contribution in [0.4, 0.5) is 0 Å². The van der Waals surface area contributed by atoms with Crippen molar-refractivity contribution in [3.8, 4) is 0 Å². The molecule has 0 atom stereocenters. The summed E-state index contributed by atoms with van der Waals surface area (Å²) in [6, 6.07) is 0. The Hall–Kier alpha value is 2.63. The molecule has 0 aliphatic heterocycles. The summed E-state index contributed by atoms with van der Waals surface area (Å²) in [4.78, 5) is 21.6. The first-order valence-electron chi connectivity index (χ1n) is 0.783. The Morgan fingerprint density at radius 3 is 0.450 bits per heavy atom. The molecule has 16 nitrogen and oxygen atoms in total. The van der Waals surface area contributed by atoms with Crippen LogP contribution in [-0.2, 0) is 4.57 Å². The Balaban J connectivity index is -0.000000000523. The van der Waals surface area contributed by atoms with Crippen molar-refractivity contribution in [3.05, 3.63) is 0 Å². The van der Waals surface area contributed by atoms with Crippen molar-refractivity contribution >= 4 is 7.82 Å². The molecule has 20 heavy (non-hydrogen) atoms. The van der Waals surface area contributed by atoms with Crippen LogP contribution in [0.3, 0.4) is 0 Å². The molecule has 0 bridgehead atoms. The summed E-state index contributed by atoms with van der Waals surface area (Å²) in [7, 11) is -4.64. The first kappa shape index (κ1) is 241. The van der Waals surface area contributed by atoms with Gasteiger partial charge in [0.05, 0.1) is 0 Å². The molecule has 20 heteroatoms. The molecule has 0 rings (SSSR count). The van der Waals surface area contributed by atoms with Gasteiger partial charge < -0.3 is 84.7 Å². The van der Waals surface area contributed by atoms with E-state index in [9.17, 15) is 0 Å². The van der Waals surface area contributed by atoms with Gasteiger partial charge in [0.1, 0.15) is 0 Å². The average Bonchev–Trinajstić information content (AvgIpc) is 0.722. The van der Waals surface area contributed by atoms with Crippen LogP contribution in [0.25, 0.3) is 0 Å². The van der Waals surface area contributed by atoms with Crippen LogP contribution >= 0.6 is 7.82 Å². The van der Waals surface area contributed by atoms with Crippen LogP contribution in [0.5, 0.6) is 0 Å². The first-order chi connectivity index (χ1) is 2.00. The third-order valence-electron chi connectivity index (χ3n) is 0. The monoisotopic (exact) mass is 386 g/mol. The molecule has 134 valence electrons. The normalized spacial score (nSPS) is 2.95. The van der Waals surface area contributed by atoms with Crippen LogP contribution in [-0.4, -0.2) is 80.4 Å². The number of hydrogen-bond donors (Lipinski definition) is 3. The molecule has 0 aromatic rings. The summed E-state index contributed by atoms with van der Waals surface area (Å²) in [6.07, 6.45) is 0. The molecule has 0 amide bonds. The van der Waals surface area contributed by atoms with Crippen molar-refractivity contribution < 1.29 is 178 Å². The molecule has 0 aliphatic rings. The molecule has 0 fully saturated rings. The Kier molecular flexibility index (Phi) is 1490. The first-order valence-corrected chi connectivity index (χ1v) is 2.35.